The number of methoxy groups -OCH3 is 1. The first kappa shape index (κ1) is 17.1. The Hall–Kier alpha value is -3.06. The third-order valence-electron chi connectivity index (χ3n) is 5.74. The SMILES string of the molecule is COC1CC(n2c(=O)n(C)c3cnc4ccc(-c5ccc(F)nc5)cc4c32)C1. The van der Waals surface area contributed by atoms with E-state index in [4.69, 9.17) is 4.74 Å². The van der Waals surface area contributed by atoms with Gasteiger partial charge in [-0.05, 0) is 42.7 Å². The number of fused-ring (bicyclic) bond motifs is 3. The van der Waals surface area contributed by atoms with Crippen molar-refractivity contribution in [3.8, 4) is 11.1 Å². The maximum absolute atomic E-state index is 13.2. The van der Waals surface area contributed by atoms with Crippen LogP contribution in [-0.4, -0.2) is 32.3 Å². The topological polar surface area (TPSA) is 61.9 Å². The first-order valence-electron chi connectivity index (χ1n) is 9.21. The summed E-state index contributed by atoms with van der Waals surface area (Å²) in [6.45, 7) is 0. The van der Waals surface area contributed by atoms with Crippen molar-refractivity contribution in [1.29, 1.82) is 0 Å². The Labute approximate surface area is 160 Å². The Morgan fingerprint density at radius 1 is 1.11 bits per heavy atom. The van der Waals surface area contributed by atoms with Crippen LogP contribution in [0.1, 0.15) is 18.9 Å². The quantitative estimate of drug-likeness (QED) is 0.513. The highest BCUT2D eigenvalue weighted by Crippen LogP contribution is 2.37. The minimum atomic E-state index is -0.511. The summed E-state index contributed by atoms with van der Waals surface area (Å²) in [5, 5.41) is 0.901. The molecule has 5 rings (SSSR count). The number of pyridine rings is 2. The van der Waals surface area contributed by atoms with Gasteiger partial charge in [-0.15, -0.1) is 0 Å². The molecule has 0 atom stereocenters. The van der Waals surface area contributed by atoms with Crippen LogP contribution in [0.4, 0.5) is 4.39 Å². The van der Waals surface area contributed by atoms with Gasteiger partial charge in [0, 0.05) is 37.3 Å². The fourth-order valence-electron chi connectivity index (χ4n) is 4.03. The number of imidazole rings is 1. The summed E-state index contributed by atoms with van der Waals surface area (Å²) in [5.74, 6) is -0.511. The van der Waals surface area contributed by atoms with Gasteiger partial charge in [-0.1, -0.05) is 6.07 Å². The van der Waals surface area contributed by atoms with Crippen molar-refractivity contribution >= 4 is 21.9 Å². The minimum absolute atomic E-state index is 0.0438. The summed E-state index contributed by atoms with van der Waals surface area (Å²) in [5.41, 5.74) is 4.17. The van der Waals surface area contributed by atoms with Crippen molar-refractivity contribution in [2.75, 3.05) is 7.11 Å². The number of rotatable bonds is 3. The zero-order chi connectivity index (χ0) is 19.4. The Bertz CT molecular complexity index is 1250. The molecule has 0 radical (unpaired) electrons. The number of benzene rings is 1. The number of nitrogens with zero attached hydrogens (tertiary/aromatic N) is 4. The summed E-state index contributed by atoms with van der Waals surface area (Å²) < 4.78 is 22.1. The van der Waals surface area contributed by atoms with Crippen LogP contribution in [0.2, 0.25) is 0 Å². The summed E-state index contributed by atoms with van der Waals surface area (Å²) in [6.07, 6.45) is 5.10. The van der Waals surface area contributed by atoms with Gasteiger partial charge in [-0.25, -0.2) is 9.78 Å². The van der Waals surface area contributed by atoms with Gasteiger partial charge in [0.1, 0.15) is 0 Å². The first-order valence-corrected chi connectivity index (χ1v) is 9.21. The van der Waals surface area contributed by atoms with E-state index in [1.54, 1.807) is 31.0 Å². The van der Waals surface area contributed by atoms with Crippen molar-refractivity contribution in [1.82, 2.24) is 19.1 Å². The predicted octanol–water partition coefficient (Wildman–Crippen LogP) is 3.44. The van der Waals surface area contributed by atoms with Gasteiger partial charge in [0.25, 0.3) is 0 Å². The van der Waals surface area contributed by atoms with Crippen LogP contribution in [0.15, 0.2) is 47.5 Å². The minimum Gasteiger partial charge on any atom is -0.381 e. The number of aromatic nitrogens is 4. The Kier molecular flexibility index (Phi) is 3.80. The number of hydrogen-bond acceptors (Lipinski definition) is 4. The molecule has 1 aromatic carbocycles. The van der Waals surface area contributed by atoms with Gasteiger partial charge >= 0.3 is 5.69 Å². The van der Waals surface area contributed by atoms with Gasteiger partial charge in [0.05, 0.1) is 28.9 Å². The standard InChI is InChI=1S/C21H19FN4O2/c1-25-18-11-23-17-5-3-12(13-4-6-19(22)24-10-13)7-16(17)20(18)26(21(25)27)14-8-15(9-14)28-2/h3-7,10-11,14-15H,8-9H2,1-2H3. The molecule has 3 heterocycles. The van der Waals surface area contributed by atoms with Gasteiger partial charge in [-0.2, -0.15) is 4.39 Å². The van der Waals surface area contributed by atoms with Crippen LogP contribution in [-0.2, 0) is 11.8 Å². The molecule has 0 N–H and O–H groups in total. The second kappa shape index (κ2) is 6.24. The molecule has 4 aromatic rings. The van der Waals surface area contributed by atoms with Gasteiger partial charge < -0.3 is 4.74 Å². The Morgan fingerprint density at radius 2 is 1.89 bits per heavy atom. The number of halogens is 1. The lowest BCUT2D eigenvalue weighted by Gasteiger charge is -2.34. The molecular formula is C21H19FN4O2. The molecule has 0 amide bonds. The van der Waals surface area contributed by atoms with E-state index in [2.05, 4.69) is 9.97 Å². The van der Waals surface area contributed by atoms with Crippen LogP contribution in [0, 0.1) is 5.95 Å². The molecule has 0 bridgehead atoms. The monoisotopic (exact) mass is 378 g/mol. The molecule has 28 heavy (non-hydrogen) atoms. The molecule has 142 valence electrons. The molecule has 1 aliphatic carbocycles. The molecule has 1 aliphatic rings. The lowest BCUT2D eigenvalue weighted by atomic mass is 9.89. The fraction of sp³-hybridized carbons (Fsp3) is 0.286. The average Bonchev–Trinajstić information content (AvgIpc) is 2.93. The summed E-state index contributed by atoms with van der Waals surface area (Å²) in [4.78, 5) is 21.2. The highest BCUT2D eigenvalue weighted by Gasteiger charge is 2.33. The second-order valence-corrected chi connectivity index (χ2v) is 7.29. The second-order valence-electron chi connectivity index (χ2n) is 7.29. The molecular weight excluding hydrogens is 359 g/mol. The maximum Gasteiger partial charge on any atom is 0.329 e. The van der Waals surface area contributed by atoms with E-state index in [0.717, 1.165) is 45.9 Å². The Morgan fingerprint density at radius 3 is 2.61 bits per heavy atom. The molecule has 0 aliphatic heterocycles. The lowest BCUT2D eigenvalue weighted by molar-refractivity contribution is 0.00635. The Balaban J connectivity index is 1.76. The van der Waals surface area contributed by atoms with Gasteiger partial charge in [-0.3, -0.25) is 14.1 Å². The molecule has 6 nitrogen and oxygen atoms in total. The normalized spacial score (nSPS) is 19.2. The van der Waals surface area contributed by atoms with E-state index < -0.39 is 5.95 Å². The van der Waals surface area contributed by atoms with Crippen molar-refractivity contribution < 1.29 is 9.13 Å². The van der Waals surface area contributed by atoms with E-state index in [1.165, 1.54) is 12.3 Å². The largest absolute Gasteiger partial charge is 0.381 e. The third kappa shape index (κ3) is 2.46. The zero-order valence-corrected chi connectivity index (χ0v) is 15.6. The molecule has 7 heteroatoms. The van der Waals surface area contributed by atoms with Gasteiger partial charge in [0.2, 0.25) is 5.95 Å². The van der Waals surface area contributed by atoms with Crippen molar-refractivity contribution in [3.63, 3.8) is 0 Å². The maximum atomic E-state index is 13.2. The van der Waals surface area contributed by atoms with Crippen LogP contribution < -0.4 is 5.69 Å². The van der Waals surface area contributed by atoms with E-state index >= 15 is 0 Å². The molecule has 1 saturated carbocycles. The number of aryl methyl sites for hydroxylation is 1. The van der Waals surface area contributed by atoms with Gasteiger partial charge in [0.15, 0.2) is 0 Å². The molecule has 0 unspecified atom stereocenters. The molecule has 1 fully saturated rings. The number of hydrogen-bond donors (Lipinski definition) is 0. The molecule has 3 aromatic heterocycles. The molecule has 0 spiro atoms. The van der Waals surface area contributed by atoms with Crippen molar-refractivity contribution in [3.05, 3.63) is 59.2 Å². The van der Waals surface area contributed by atoms with Crippen LogP contribution in [0.5, 0.6) is 0 Å². The van der Waals surface area contributed by atoms with Crippen molar-refractivity contribution in [2.45, 2.75) is 25.0 Å². The molecule has 0 saturated heterocycles. The third-order valence-corrected chi connectivity index (χ3v) is 5.74. The average molecular weight is 378 g/mol. The van der Waals surface area contributed by atoms with Crippen molar-refractivity contribution in [2.24, 2.45) is 7.05 Å². The summed E-state index contributed by atoms with van der Waals surface area (Å²) >= 11 is 0. The summed E-state index contributed by atoms with van der Waals surface area (Å²) in [7, 11) is 3.48. The van der Waals surface area contributed by atoms with E-state index in [0.29, 0.717) is 0 Å². The smallest absolute Gasteiger partial charge is 0.329 e. The number of ether oxygens (including phenoxy) is 1. The highest BCUT2D eigenvalue weighted by molar-refractivity contribution is 6.04. The summed E-state index contributed by atoms with van der Waals surface area (Å²) in [6, 6.07) is 9.02. The van der Waals surface area contributed by atoms with Crippen LogP contribution in [0.25, 0.3) is 33.1 Å². The van der Waals surface area contributed by atoms with E-state index in [1.807, 2.05) is 22.8 Å². The predicted molar refractivity (Wildman–Crippen MR) is 105 cm³/mol. The lowest BCUT2D eigenvalue weighted by Crippen LogP contribution is -2.37. The first-order chi connectivity index (χ1) is 13.6. The zero-order valence-electron chi connectivity index (χ0n) is 15.6. The fourth-order valence-corrected chi connectivity index (χ4v) is 4.03. The highest BCUT2D eigenvalue weighted by atomic mass is 19.1. The van der Waals surface area contributed by atoms with E-state index in [9.17, 15) is 9.18 Å². The van der Waals surface area contributed by atoms with Crippen LogP contribution in [0.3, 0.4) is 0 Å². The van der Waals surface area contributed by atoms with Crippen LogP contribution >= 0.6 is 0 Å². The van der Waals surface area contributed by atoms with E-state index in [-0.39, 0.29) is 17.8 Å².